The molecule has 0 amide bonds. The van der Waals surface area contributed by atoms with Crippen LogP contribution in [0.15, 0.2) is 0 Å². The molecule has 618 valence electrons. The van der Waals surface area contributed by atoms with Crippen LogP contribution in [0.1, 0.15) is 447 Å². The second-order valence-corrected chi connectivity index (χ2v) is 34.7. The second-order valence-electron chi connectivity index (χ2n) is 31.8. The van der Waals surface area contributed by atoms with Crippen LogP contribution in [0.4, 0.5) is 0 Å². The van der Waals surface area contributed by atoms with Crippen LogP contribution in [-0.4, -0.2) is 96.7 Å². The van der Waals surface area contributed by atoms with Gasteiger partial charge in [-0.05, 0) is 43.4 Å². The molecule has 0 fully saturated rings. The molecule has 104 heavy (non-hydrogen) atoms. The Labute approximate surface area is 638 Å². The topological polar surface area (TPSA) is 237 Å². The molecule has 0 aromatic heterocycles. The molecule has 19 heteroatoms. The Morgan fingerprint density at radius 3 is 0.731 bits per heavy atom. The maximum atomic E-state index is 13.1. The molecular formula is C85H166O17P2. The Balaban J connectivity index is 5.22. The Hall–Kier alpha value is -1.94. The highest BCUT2D eigenvalue weighted by atomic mass is 31.2. The molecule has 0 radical (unpaired) electrons. The highest BCUT2D eigenvalue weighted by Crippen LogP contribution is 2.45. The molecular weight excluding hydrogens is 1350 g/mol. The SMILES string of the molecule is CCCCCCCCCCCCCCC(=O)O[C@H](COC(=O)CCCCCCCCCCC(C)C)COP(=O)(O)OC[C@H](O)COP(=O)(O)OC[C@@H](COC(=O)CCCCCCCCCCCCCCCCCCC(C)C)OC(=O)CCCCCCCCCCCCCCCCCCCCC(C)CC. The quantitative estimate of drug-likeness (QED) is 0.0222. The minimum atomic E-state index is -4.97. The van der Waals surface area contributed by atoms with E-state index in [9.17, 15) is 43.2 Å². The average Bonchev–Trinajstić information content (AvgIpc) is 1.04. The van der Waals surface area contributed by atoms with Gasteiger partial charge in [-0.1, -0.05) is 395 Å². The number of esters is 4. The summed E-state index contributed by atoms with van der Waals surface area (Å²) in [6, 6.07) is 0. The molecule has 6 atom stereocenters. The van der Waals surface area contributed by atoms with Gasteiger partial charge in [0.2, 0.25) is 0 Å². The molecule has 0 spiro atoms. The predicted octanol–water partition coefficient (Wildman–Crippen LogP) is 25.7. The Bertz CT molecular complexity index is 2010. The van der Waals surface area contributed by atoms with Gasteiger partial charge in [0.25, 0.3) is 0 Å². The Kier molecular flexibility index (Phi) is 73.7. The van der Waals surface area contributed by atoms with E-state index < -0.39 is 97.5 Å². The van der Waals surface area contributed by atoms with Crippen molar-refractivity contribution >= 4 is 39.5 Å². The summed E-state index contributed by atoms with van der Waals surface area (Å²) in [6.45, 7) is 12.0. The summed E-state index contributed by atoms with van der Waals surface area (Å²) in [7, 11) is -9.92. The first kappa shape index (κ1) is 102. The van der Waals surface area contributed by atoms with Gasteiger partial charge < -0.3 is 33.8 Å². The van der Waals surface area contributed by atoms with Crippen molar-refractivity contribution in [2.24, 2.45) is 17.8 Å². The van der Waals surface area contributed by atoms with Crippen LogP contribution < -0.4 is 0 Å². The van der Waals surface area contributed by atoms with E-state index in [0.717, 1.165) is 108 Å². The van der Waals surface area contributed by atoms with E-state index in [-0.39, 0.29) is 25.7 Å². The molecule has 0 aliphatic rings. The fraction of sp³-hybridized carbons (Fsp3) is 0.953. The number of aliphatic hydroxyl groups is 1. The van der Waals surface area contributed by atoms with Crippen LogP contribution in [0, 0.1) is 17.8 Å². The Morgan fingerprint density at radius 1 is 0.279 bits per heavy atom. The van der Waals surface area contributed by atoms with E-state index >= 15 is 0 Å². The van der Waals surface area contributed by atoms with E-state index in [0.29, 0.717) is 25.7 Å². The molecule has 0 saturated carbocycles. The van der Waals surface area contributed by atoms with Crippen LogP contribution in [-0.2, 0) is 65.4 Å². The van der Waals surface area contributed by atoms with Gasteiger partial charge in [0.1, 0.15) is 19.3 Å². The summed E-state index contributed by atoms with van der Waals surface area (Å²) < 4.78 is 68.8. The second kappa shape index (κ2) is 75.1. The summed E-state index contributed by atoms with van der Waals surface area (Å²) in [6.07, 6.45) is 65.3. The van der Waals surface area contributed by atoms with Gasteiger partial charge in [0.15, 0.2) is 12.2 Å². The minimum absolute atomic E-state index is 0.107. The largest absolute Gasteiger partial charge is 0.472 e. The number of hydrogen-bond acceptors (Lipinski definition) is 15. The molecule has 0 heterocycles. The van der Waals surface area contributed by atoms with Gasteiger partial charge in [0.05, 0.1) is 26.4 Å². The Morgan fingerprint density at radius 2 is 0.490 bits per heavy atom. The number of unbranched alkanes of at least 4 members (excludes halogenated alkanes) is 50. The van der Waals surface area contributed by atoms with Crippen molar-refractivity contribution in [1.29, 1.82) is 0 Å². The molecule has 0 bridgehead atoms. The number of aliphatic hydroxyl groups excluding tert-OH is 1. The molecule has 0 aromatic carbocycles. The third-order valence-corrected chi connectivity index (χ3v) is 22.1. The van der Waals surface area contributed by atoms with Gasteiger partial charge in [-0.25, -0.2) is 9.13 Å². The van der Waals surface area contributed by atoms with Crippen LogP contribution in [0.2, 0.25) is 0 Å². The predicted molar refractivity (Wildman–Crippen MR) is 428 cm³/mol. The lowest BCUT2D eigenvalue weighted by atomic mass is 9.99. The number of rotatable bonds is 83. The normalized spacial score (nSPS) is 14.2. The molecule has 3 N–H and O–H groups in total. The number of hydrogen-bond donors (Lipinski definition) is 3. The van der Waals surface area contributed by atoms with E-state index in [1.54, 1.807) is 0 Å². The lowest BCUT2D eigenvalue weighted by Crippen LogP contribution is -2.30. The highest BCUT2D eigenvalue weighted by molar-refractivity contribution is 7.47. The number of phosphoric acid groups is 2. The molecule has 0 aromatic rings. The lowest BCUT2D eigenvalue weighted by molar-refractivity contribution is -0.161. The van der Waals surface area contributed by atoms with Gasteiger partial charge in [0, 0.05) is 25.7 Å². The van der Waals surface area contributed by atoms with E-state index in [2.05, 4.69) is 48.5 Å². The van der Waals surface area contributed by atoms with E-state index in [1.165, 1.54) is 257 Å². The molecule has 17 nitrogen and oxygen atoms in total. The smallest absolute Gasteiger partial charge is 0.462 e. The first-order chi connectivity index (χ1) is 50.3. The minimum Gasteiger partial charge on any atom is -0.462 e. The van der Waals surface area contributed by atoms with Crippen LogP contribution in [0.25, 0.3) is 0 Å². The van der Waals surface area contributed by atoms with Crippen LogP contribution in [0.3, 0.4) is 0 Å². The maximum absolute atomic E-state index is 13.1. The van der Waals surface area contributed by atoms with Crippen LogP contribution in [0.5, 0.6) is 0 Å². The van der Waals surface area contributed by atoms with Gasteiger partial charge >= 0.3 is 39.5 Å². The summed E-state index contributed by atoms with van der Waals surface area (Å²) in [5.74, 6) is 0.304. The number of carbonyl (C=O) groups is 4. The molecule has 3 unspecified atom stereocenters. The fourth-order valence-electron chi connectivity index (χ4n) is 13.2. The van der Waals surface area contributed by atoms with Crippen molar-refractivity contribution in [2.45, 2.75) is 465 Å². The number of ether oxygens (including phenoxy) is 4. The summed E-state index contributed by atoms with van der Waals surface area (Å²) in [5, 5.41) is 10.7. The van der Waals surface area contributed by atoms with Crippen molar-refractivity contribution in [1.82, 2.24) is 0 Å². The van der Waals surface area contributed by atoms with Crippen molar-refractivity contribution in [2.75, 3.05) is 39.6 Å². The van der Waals surface area contributed by atoms with Crippen molar-refractivity contribution in [3.05, 3.63) is 0 Å². The number of carbonyl (C=O) groups excluding carboxylic acids is 4. The molecule has 0 aliphatic heterocycles. The van der Waals surface area contributed by atoms with Crippen molar-refractivity contribution in [3.63, 3.8) is 0 Å². The van der Waals surface area contributed by atoms with E-state index in [4.69, 9.17) is 37.0 Å². The van der Waals surface area contributed by atoms with Gasteiger partial charge in [-0.2, -0.15) is 0 Å². The zero-order valence-electron chi connectivity index (χ0n) is 68.5. The third-order valence-electron chi connectivity index (χ3n) is 20.2. The molecule has 0 rings (SSSR count). The molecule has 0 aliphatic carbocycles. The third kappa shape index (κ3) is 76.8. The summed E-state index contributed by atoms with van der Waals surface area (Å²) >= 11 is 0. The lowest BCUT2D eigenvalue weighted by Gasteiger charge is -2.21. The zero-order valence-corrected chi connectivity index (χ0v) is 70.3. The van der Waals surface area contributed by atoms with Crippen molar-refractivity contribution < 1.29 is 80.2 Å². The average molecular weight is 1520 g/mol. The van der Waals surface area contributed by atoms with Crippen molar-refractivity contribution in [3.8, 4) is 0 Å². The number of phosphoric ester groups is 2. The summed E-state index contributed by atoms with van der Waals surface area (Å²) in [5.41, 5.74) is 0. The first-order valence-corrected chi connectivity index (χ1v) is 46.9. The first-order valence-electron chi connectivity index (χ1n) is 43.9. The molecule has 0 saturated heterocycles. The van der Waals surface area contributed by atoms with E-state index in [1.807, 2.05) is 0 Å². The fourth-order valence-corrected chi connectivity index (χ4v) is 14.7. The monoisotopic (exact) mass is 1520 g/mol. The maximum Gasteiger partial charge on any atom is 0.472 e. The van der Waals surface area contributed by atoms with Crippen LogP contribution >= 0.6 is 15.6 Å². The summed E-state index contributed by atoms with van der Waals surface area (Å²) in [4.78, 5) is 73.1. The highest BCUT2D eigenvalue weighted by Gasteiger charge is 2.30. The van der Waals surface area contributed by atoms with Gasteiger partial charge in [-0.15, -0.1) is 0 Å². The standard InChI is InChI=1S/C85H166O17P2/c1-8-10-11-12-13-14-15-32-38-47-54-61-68-84(89)102-81(73-96-83(88)67-60-53-46-41-40-43-50-57-64-77(5)6)75-100-104(93,94)98-71-79(86)70-97-103(91,92)99-74-80(72-95-82(87)66-59-52-45-37-33-28-24-21-20-22-26-30-35-42-49-56-63-76(3)4)101-85(90)69-62-55-48-39-34-29-25-19-17-16-18-23-27-31-36-44-51-58-65-78(7)9-2/h76-81,86H,8-75H2,1-7H3,(H,91,92)(H,93,94)/t78?,79-,80-,81-/m1/s1. The van der Waals surface area contributed by atoms with Gasteiger partial charge in [-0.3, -0.25) is 37.3 Å². The zero-order chi connectivity index (χ0) is 76.5.